The Morgan fingerprint density at radius 3 is 2.50 bits per heavy atom. The Bertz CT molecular complexity index is 148. The maximum atomic E-state index is 4.08. The molecule has 0 amide bonds. The second-order valence-corrected chi connectivity index (χ2v) is 1.98. The van der Waals surface area contributed by atoms with Gasteiger partial charge in [0.1, 0.15) is 0 Å². The number of rotatable bonds is 0. The molecule has 0 bridgehead atoms. The van der Waals surface area contributed by atoms with Gasteiger partial charge >= 0.3 is 0 Å². The molecule has 0 spiro atoms. The molecule has 0 fully saturated rings. The van der Waals surface area contributed by atoms with Crippen molar-refractivity contribution in [2.75, 3.05) is 0 Å². The molecule has 0 unspecified atom stereocenters. The van der Waals surface area contributed by atoms with Crippen LogP contribution in [-0.2, 0) is 0 Å². The monoisotopic (exact) mass is 110 g/mol. The molecule has 0 aliphatic rings. The van der Waals surface area contributed by atoms with Crippen LogP contribution >= 0.6 is 0 Å². The van der Waals surface area contributed by atoms with Crippen molar-refractivity contribution in [1.29, 1.82) is 0 Å². The van der Waals surface area contributed by atoms with Crippen LogP contribution in [0.3, 0.4) is 0 Å². The lowest BCUT2D eigenvalue weighted by atomic mass is 10.3. The van der Waals surface area contributed by atoms with Crippen LogP contribution in [0.1, 0.15) is 12.7 Å². The van der Waals surface area contributed by atoms with E-state index in [1.807, 2.05) is 26.1 Å². The first-order valence-electron chi connectivity index (χ1n) is 2.68. The van der Waals surface area contributed by atoms with Gasteiger partial charge in [-0.2, -0.15) is 0 Å². The van der Waals surface area contributed by atoms with E-state index in [0.29, 0.717) is 0 Å². The Balaban J connectivity index is 0.000000640. The lowest BCUT2D eigenvalue weighted by molar-refractivity contribution is 1.17. The number of nitrogens with zero attached hydrogens (tertiary/aromatic N) is 1. The topological polar surface area (TPSA) is 12.9 Å². The van der Waals surface area contributed by atoms with E-state index in [9.17, 15) is 0 Å². The minimum atomic E-state index is 0. The summed E-state index contributed by atoms with van der Waals surface area (Å²) in [5.41, 5.74) is 2.30. The molecule has 0 aliphatic carbocycles. The standard InChI is InChI=1S/C7H9N.H2/c1-6-3-4-7(2)8-5-6;/h3-5H,1-2H3;1H/i;1+1. The highest BCUT2D eigenvalue weighted by atomic mass is 14.6. The molecule has 1 nitrogen and oxygen atoms in total. The predicted molar refractivity (Wildman–Crippen MR) is 35.8 cm³/mol. The molecule has 0 saturated carbocycles. The van der Waals surface area contributed by atoms with Crippen molar-refractivity contribution in [1.82, 2.24) is 4.98 Å². The van der Waals surface area contributed by atoms with E-state index in [0.717, 1.165) is 5.69 Å². The summed E-state index contributed by atoms with van der Waals surface area (Å²) < 4.78 is 0. The lowest BCUT2D eigenvalue weighted by Crippen LogP contribution is -1.78. The van der Waals surface area contributed by atoms with Crippen LogP contribution in [0.5, 0.6) is 0 Å². The van der Waals surface area contributed by atoms with E-state index in [-0.39, 0.29) is 1.43 Å². The van der Waals surface area contributed by atoms with E-state index in [2.05, 4.69) is 11.1 Å². The van der Waals surface area contributed by atoms with Crippen LogP contribution in [0.2, 0.25) is 0 Å². The summed E-state index contributed by atoms with van der Waals surface area (Å²) in [6.07, 6.45) is 1.87. The van der Waals surface area contributed by atoms with Gasteiger partial charge in [-0.1, -0.05) is 6.07 Å². The quantitative estimate of drug-likeness (QED) is 0.497. The molecule has 1 rings (SSSR count). The zero-order valence-electron chi connectivity index (χ0n) is 5.18. The van der Waals surface area contributed by atoms with Crippen LogP contribution in [0, 0.1) is 13.8 Å². The van der Waals surface area contributed by atoms with Gasteiger partial charge in [0.25, 0.3) is 0 Å². The second-order valence-electron chi connectivity index (χ2n) is 1.98. The molecule has 1 heterocycles. The number of hydrogen-bond acceptors (Lipinski definition) is 1. The number of aryl methyl sites for hydroxylation is 2. The van der Waals surface area contributed by atoms with Gasteiger partial charge in [0.15, 0.2) is 0 Å². The van der Waals surface area contributed by atoms with E-state index in [1.54, 1.807) is 0 Å². The smallest absolute Gasteiger partial charge is 0.0372 e. The first kappa shape index (κ1) is 5.29. The third-order valence-electron chi connectivity index (χ3n) is 1.06. The van der Waals surface area contributed by atoms with Crippen molar-refractivity contribution in [2.24, 2.45) is 0 Å². The summed E-state index contributed by atoms with van der Waals surface area (Å²) in [5.74, 6) is 0. The largest absolute Gasteiger partial charge is 0.261 e. The zero-order valence-corrected chi connectivity index (χ0v) is 5.18. The van der Waals surface area contributed by atoms with Crippen LogP contribution in [0.25, 0.3) is 0 Å². The molecule has 0 radical (unpaired) electrons. The highest BCUT2D eigenvalue weighted by Gasteiger charge is 1.81. The molecule has 1 heteroatoms. The third-order valence-corrected chi connectivity index (χ3v) is 1.06. The van der Waals surface area contributed by atoms with Gasteiger partial charge in [0.2, 0.25) is 0 Å². The van der Waals surface area contributed by atoms with Crippen molar-refractivity contribution in [3.05, 3.63) is 29.6 Å². The molecule has 0 atom stereocenters. The fourth-order valence-corrected chi connectivity index (χ4v) is 0.542. The summed E-state index contributed by atoms with van der Waals surface area (Å²) in [4.78, 5) is 4.08. The lowest BCUT2D eigenvalue weighted by Gasteiger charge is -1.89. The maximum absolute atomic E-state index is 4.08. The number of hydrogen-bond donors (Lipinski definition) is 0. The SMILES string of the molecule is Cc1ccc(C)nc1.[2HH]. The van der Waals surface area contributed by atoms with Gasteiger partial charge in [0, 0.05) is 13.3 Å². The van der Waals surface area contributed by atoms with Crippen LogP contribution < -0.4 is 0 Å². The first-order chi connectivity index (χ1) is 3.79. The van der Waals surface area contributed by atoms with Crippen molar-refractivity contribution in [3.63, 3.8) is 0 Å². The van der Waals surface area contributed by atoms with Crippen LogP contribution in [0.4, 0.5) is 0 Å². The fraction of sp³-hybridized carbons (Fsp3) is 0.286. The highest BCUT2D eigenvalue weighted by molar-refractivity contribution is 5.10. The fourth-order valence-electron chi connectivity index (χ4n) is 0.542. The summed E-state index contributed by atoms with van der Waals surface area (Å²) in [6, 6.07) is 4.07. The number of aromatic nitrogens is 1. The van der Waals surface area contributed by atoms with Gasteiger partial charge in [-0.3, -0.25) is 4.98 Å². The molecular weight excluding hydrogens is 98.1 g/mol. The molecular formula is C7H11N. The summed E-state index contributed by atoms with van der Waals surface area (Å²) >= 11 is 0. The van der Waals surface area contributed by atoms with Crippen molar-refractivity contribution >= 4 is 0 Å². The van der Waals surface area contributed by atoms with Crippen molar-refractivity contribution in [2.45, 2.75) is 13.8 Å². The second kappa shape index (κ2) is 1.95. The average Bonchev–Trinajstić information content (AvgIpc) is 1.77. The molecule has 44 valence electrons. The highest BCUT2D eigenvalue weighted by Crippen LogP contribution is 1.94. The van der Waals surface area contributed by atoms with Gasteiger partial charge in [-0.15, -0.1) is 0 Å². The van der Waals surface area contributed by atoms with Crippen LogP contribution in [-0.4, -0.2) is 4.98 Å². The van der Waals surface area contributed by atoms with E-state index >= 15 is 0 Å². The van der Waals surface area contributed by atoms with Gasteiger partial charge in [-0.25, -0.2) is 0 Å². The van der Waals surface area contributed by atoms with Gasteiger partial charge < -0.3 is 0 Å². The Labute approximate surface area is 50.9 Å². The molecule has 1 aromatic rings. The minimum Gasteiger partial charge on any atom is -0.261 e. The summed E-state index contributed by atoms with van der Waals surface area (Å²) in [5, 5.41) is 0. The predicted octanol–water partition coefficient (Wildman–Crippen LogP) is 1.94. The third kappa shape index (κ3) is 1.06. The Morgan fingerprint density at radius 1 is 1.38 bits per heavy atom. The van der Waals surface area contributed by atoms with E-state index < -0.39 is 0 Å². The summed E-state index contributed by atoms with van der Waals surface area (Å²) in [7, 11) is 0. The Morgan fingerprint density at radius 2 is 2.12 bits per heavy atom. The zero-order chi connectivity index (χ0) is 5.98. The van der Waals surface area contributed by atoms with Crippen molar-refractivity contribution in [3.8, 4) is 0 Å². The van der Waals surface area contributed by atoms with Gasteiger partial charge in [-0.05, 0) is 25.5 Å². The average molecular weight is 110 g/mol. The molecule has 0 aliphatic heterocycles. The van der Waals surface area contributed by atoms with Gasteiger partial charge in [0.05, 0.1) is 0 Å². The van der Waals surface area contributed by atoms with Crippen LogP contribution in [0.15, 0.2) is 18.3 Å². The van der Waals surface area contributed by atoms with E-state index in [4.69, 9.17) is 0 Å². The number of pyridine rings is 1. The first-order valence-corrected chi connectivity index (χ1v) is 2.68. The molecule has 8 heavy (non-hydrogen) atoms. The Hall–Kier alpha value is -0.850. The normalized spacial score (nSPS) is 9.25. The molecule has 0 aromatic carbocycles. The Kier molecular flexibility index (Phi) is 1.29. The molecule has 0 saturated heterocycles. The van der Waals surface area contributed by atoms with E-state index in [1.165, 1.54) is 5.56 Å². The summed E-state index contributed by atoms with van der Waals surface area (Å²) in [6.45, 7) is 4.02. The minimum absolute atomic E-state index is 0. The molecule has 0 N–H and O–H groups in total. The maximum Gasteiger partial charge on any atom is 0.0372 e. The molecule has 1 aromatic heterocycles. The van der Waals surface area contributed by atoms with Crippen molar-refractivity contribution < 1.29 is 1.43 Å².